The molecule has 1 atom stereocenters. The van der Waals surface area contributed by atoms with Crippen molar-refractivity contribution >= 4 is 27.5 Å². The third kappa shape index (κ3) is 6.58. The zero-order chi connectivity index (χ0) is 26.6. The summed E-state index contributed by atoms with van der Waals surface area (Å²) < 4.78 is 42.5. The number of benzene rings is 3. The van der Waals surface area contributed by atoms with Crippen molar-refractivity contribution in [1.82, 2.24) is 4.31 Å². The molecule has 0 radical (unpaired) electrons. The van der Waals surface area contributed by atoms with Crippen LogP contribution in [0.1, 0.15) is 48.3 Å². The fraction of sp³-hybridized carbons (Fsp3) is 0.345. The summed E-state index contributed by atoms with van der Waals surface area (Å²) in [5.41, 5.74) is 8.74. The molecule has 0 aromatic heterocycles. The highest BCUT2D eigenvalue weighted by molar-refractivity contribution is 7.89. The van der Waals surface area contributed by atoms with Gasteiger partial charge in [-0.05, 0) is 73.8 Å². The minimum absolute atomic E-state index is 0.0309. The van der Waals surface area contributed by atoms with E-state index < -0.39 is 15.8 Å². The van der Waals surface area contributed by atoms with Crippen LogP contribution in [0, 0.1) is 24.6 Å². The Kier molecular flexibility index (Phi) is 8.67. The van der Waals surface area contributed by atoms with E-state index in [2.05, 4.69) is 0 Å². The van der Waals surface area contributed by atoms with Crippen molar-refractivity contribution in [2.24, 2.45) is 17.6 Å². The van der Waals surface area contributed by atoms with Gasteiger partial charge in [0, 0.05) is 13.1 Å². The average Bonchev–Trinajstić information content (AvgIpc) is 2.88. The smallest absolute Gasteiger partial charge is 0.243 e. The molecule has 1 unspecified atom stereocenters. The Morgan fingerprint density at radius 1 is 1.03 bits per heavy atom. The quantitative estimate of drug-likeness (QED) is 0.357. The Balaban J connectivity index is 1.51. The summed E-state index contributed by atoms with van der Waals surface area (Å²) in [6.45, 7) is 2.53. The Labute approximate surface area is 223 Å². The van der Waals surface area contributed by atoms with Crippen LogP contribution in [0.2, 0.25) is 5.02 Å². The third-order valence-corrected chi connectivity index (χ3v) is 9.40. The zero-order valence-electron chi connectivity index (χ0n) is 20.8. The van der Waals surface area contributed by atoms with Crippen LogP contribution in [-0.2, 0) is 21.4 Å². The van der Waals surface area contributed by atoms with Gasteiger partial charge in [-0.25, -0.2) is 12.8 Å². The predicted octanol–water partition coefficient (Wildman–Crippen LogP) is 6.05. The van der Waals surface area contributed by atoms with E-state index in [1.165, 1.54) is 16.4 Å². The lowest BCUT2D eigenvalue weighted by Crippen LogP contribution is -2.37. The summed E-state index contributed by atoms with van der Waals surface area (Å²) in [5.74, 6) is -1.10. The normalized spacial score (nSPS) is 19.0. The zero-order valence-corrected chi connectivity index (χ0v) is 22.4. The molecular weight excluding hydrogens is 511 g/mol. The molecule has 4 rings (SSSR count). The van der Waals surface area contributed by atoms with Crippen LogP contribution in [0.3, 0.4) is 0 Å². The second kappa shape index (κ2) is 11.8. The number of nitrogens with two attached hydrogens (primary N) is 1. The Morgan fingerprint density at radius 3 is 2.27 bits per heavy atom. The van der Waals surface area contributed by atoms with E-state index in [9.17, 15) is 17.6 Å². The van der Waals surface area contributed by atoms with E-state index in [-0.39, 0.29) is 40.1 Å². The van der Waals surface area contributed by atoms with Gasteiger partial charge in [0.25, 0.3) is 0 Å². The molecule has 3 aromatic carbocycles. The molecule has 1 fully saturated rings. The van der Waals surface area contributed by atoms with Crippen LogP contribution >= 0.6 is 11.6 Å². The standard InChI is InChI=1S/C29H32ClFN2O3S/c1-20-7-11-23(12-8-20)28(29(32)34)24-13-9-22(10-14-24)19-33(18-21-5-3-2-4-6-21)37(35,36)25-15-16-27(31)26(30)17-25/h2-8,11-12,15-17,22,24,28H,9-10,13-14,18-19H2,1H3,(H2,32,34). The monoisotopic (exact) mass is 542 g/mol. The van der Waals surface area contributed by atoms with Gasteiger partial charge in [-0.3, -0.25) is 4.79 Å². The summed E-state index contributed by atoms with van der Waals surface area (Å²) >= 11 is 5.91. The lowest BCUT2D eigenvalue weighted by Gasteiger charge is -2.35. The minimum Gasteiger partial charge on any atom is -0.369 e. The highest BCUT2D eigenvalue weighted by Crippen LogP contribution is 2.39. The van der Waals surface area contributed by atoms with Crippen LogP contribution in [0.25, 0.3) is 0 Å². The Hall–Kier alpha value is -2.74. The highest BCUT2D eigenvalue weighted by atomic mass is 35.5. The summed E-state index contributed by atoms with van der Waals surface area (Å²) in [4.78, 5) is 12.4. The molecule has 1 aliphatic rings. The maximum Gasteiger partial charge on any atom is 0.243 e. The number of amides is 1. The summed E-state index contributed by atoms with van der Waals surface area (Å²) in [7, 11) is -3.92. The maximum atomic E-state index is 13.7. The van der Waals surface area contributed by atoms with E-state index in [1.807, 2.05) is 61.5 Å². The summed E-state index contributed by atoms with van der Waals surface area (Å²) in [6, 6.07) is 20.8. The van der Waals surface area contributed by atoms with E-state index in [1.54, 1.807) is 0 Å². The molecule has 0 spiro atoms. The van der Waals surface area contributed by atoms with Gasteiger partial charge in [0.15, 0.2) is 0 Å². The number of nitrogens with zero attached hydrogens (tertiary/aromatic N) is 1. The molecule has 37 heavy (non-hydrogen) atoms. The predicted molar refractivity (Wildman–Crippen MR) is 144 cm³/mol. The lowest BCUT2D eigenvalue weighted by molar-refractivity contribution is -0.121. The molecule has 1 aliphatic carbocycles. The third-order valence-electron chi connectivity index (χ3n) is 7.30. The van der Waals surface area contributed by atoms with Gasteiger partial charge in [-0.15, -0.1) is 0 Å². The van der Waals surface area contributed by atoms with Crippen molar-refractivity contribution in [2.45, 2.75) is 50.0 Å². The molecule has 0 aliphatic heterocycles. The Morgan fingerprint density at radius 2 is 1.68 bits per heavy atom. The molecule has 3 aromatic rings. The largest absolute Gasteiger partial charge is 0.369 e. The minimum atomic E-state index is -3.92. The molecule has 0 bridgehead atoms. The molecule has 0 saturated heterocycles. The van der Waals surface area contributed by atoms with E-state index in [4.69, 9.17) is 17.3 Å². The number of carbonyl (C=O) groups excluding carboxylic acids is 1. The van der Waals surface area contributed by atoms with Crippen molar-refractivity contribution < 1.29 is 17.6 Å². The van der Waals surface area contributed by atoms with Crippen LogP contribution in [0.5, 0.6) is 0 Å². The SMILES string of the molecule is Cc1ccc(C(C(N)=O)C2CCC(CN(Cc3ccccc3)S(=O)(=O)c3ccc(F)c(Cl)c3)CC2)cc1. The fourth-order valence-corrected chi connectivity index (χ4v) is 7.03. The highest BCUT2D eigenvalue weighted by Gasteiger charge is 2.34. The number of halogens is 2. The van der Waals surface area contributed by atoms with Gasteiger partial charge >= 0.3 is 0 Å². The van der Waals surface area contributed by atoms with Crippen LogP contribution in [-0.4, -0.2) is 25.2 Å². The average molecular weight is 543 g/mol. The van der Waals surface area contributed by atoms with E-state index >= 15 is 0 Å². The second-order valence-electron chi connectivity index (χ2n) is 9.93. The first-order chi connectivity index (χ1) is 17.6. The topological polar surface area (TPSA) is 80.5 Å². The number of hydrogen-bond donors (Lipinski definition) is 1. The maximum absolute atomic E-state index is 13.7. The van der Waals surface area contributed by atoms with Crippen molar-refractivity contribution in [2.75, 3.05) is 6.54 Å². The van der Waals surface area contributed by atoms with Crippen molar-refractivity contribution in [3.8, 4) is 0 Å². The van der Waals surface area contributed by atoms with Crippen LogP contribution < -0.4 is 5.73 Å². The first-order valence-electron chi connectivity index (χ1n) is 12.5. The van der Waals surface area contributed by atoms with Gasteiger partial charge in [0.05, 0.1) is 15.8 Å². The fourth-order valence-electron chi connectivity index (χ4n) is 5.26. The van der Waals surface area contributed by atoms with Gasteiger partial charge in [-0.2, -0.15) is 4.31 Å². The number of hydrogen-bond acceptors (Lipinski definition) is 3. The van der Waals surface area contributed by atoms with Gasteiger partial charge in [-0.1, -0.05) is 71.8 Å². The van der Waals surface area contributed by atoms with Crippen molar-refractivity contribution in [3.05, 3.63) is 100 Å². The molecule has 2 N–H and O–H groups in total. The number of rotatable bonds is 9. The number of primary amides is 1. The molecule has 0 heterocycles. The Bertz CT molecular complexity index is 1330. The van der Waals surface area contributed by atoms with Gasteiger partial charge in [0.1, 0.15) is 5.82 Å². The number of carbonyl (C=O) groups is 1. The molecule has 1 amide bonds. The first-order valence-corrected chi connectivity index (χ1v) is 14.3. The number of aryl methyl sites for hydroxylation is 1. The second-order valence-corrected chi connectivity index (χ2v) is 12.3. The lowest BCUT2D eigenvalue weighted by atomic mass is 9.73. The summed E-state index contributed by atoms with van der Waals surface area (Å²) in [5, 5.41) is -0.227. The van der Waals surface area contributed by atoms with Gasteiger partial charge < -0.3 is 5.73 Å². The first kappa shape index (κ1) is 27.3. The molecular formula is C29H32ClFN2O3S. The van der Waals surface area contributed by atoms with E-state index in [0.717, 1.165) is 48.4 Å². The molecule has 1 saturated carbocycles. The molecule has 5 nitrogen and oxygen atoms in total. The van der Waals surface area contributed by atoms with Crippen molar-refractivity contribution in [1.29, 1.82) is 0 Å². The molecule has 8 heteroatoms. The van der Waals surface area contributed by atoms with E-state index in [0.29, 0.717) is 6.54 Å². The van der Waals surface area contributed by atoms with Crippen molar-refractivity contribution in [3.63, 3.8) is 0 Å². The number of sulfonamides is 1. The van der Waals surface area contributed by atoms with Crippen LogP contribution in [0.15, 0.2) is 77.7 Å². The molecule has 196 valence electrons. The summed E-state index contributed by atoms with van der Waals surface area (Å²) in [6.07, 6.45) is 3.14. The van der Waals surface area contributed by atoms with Crippen LogP contribution in [0.4, 0.5) is 4.39 Å². The van der Waals surface area contributed by atoms with Gasteiger partial charge in [0.2, 0.25) is 15.9 Å².